The van der Waals surface area contributed by atoms with Crippen molar-refractivity contribution in [1.29, 1.82) is 0 Å². The molecule has 126 valence electrons. The zero-order valence-electron chi connectivity index (χ0n) is 13.5. The third-order valence-electron chi connectivity index (χ3n) is 6.05. The standard InChI is InChI=1S/C18H21N3O2S/c22-16(11-3-5-20-12(7-11)1-2-17(20)23)8-14-18-13(4-6-24-18)15-9-19-10-21(14)15/h4,6,9-12,14,16,22H,1-3,5,7-8H2/t11-,12-,14?,16-/m0/s1. The van der Waals surface area contributed by atoms with E-state index in [-0.39, 0.29) is 12.1 Å². The van der Waals surface area contributed by atoms with E-state index in [2.05, 4.69) is 21.0 Å². The van der Waals surface area contributed by atoms with Crippen molar-refractivity contribution in [2.45, 2.75) is 50.3 Å². The fourth-order valence-electron chi connectivity index (χ4n) is 4.79. The normalized spacial score (nSPS) is 29.5. The molecule has 5 nitrogen and oxygen atoms in total. The van der Waals surface area contributed by atoms with E-state index in [0.29, 0.717) is 24.3 Å². The van der Waals surface area contributed by atoms with Gasteiger partial charge in [0.25, 0.3) is 0 Å². The van der Waals surface area contributed by atoms with Crippen molar-refractivity contribution < 1.29 is 9.90 Å². The lowest BCUT2D eigenvalue weighted by Crippen LogP contribution is -2.43. The summed E-state index contributed by atoms with van der Waals surface area (Å²) in [5.41, 5.74) is 2.44. The number of imidazole rings is 1. The molecule has 2 aromatic heterocycles. The highest BCUT2D eigenvalue weighted by atomic mass is 32.1. The summed E-state index contributed by atoms with van der Waals surface area (Å²) in [5.74, 6) is 0.600. The Morgan fingerprint density at radius 2 is 2.33 bits per heavy atom. The van der Waals surface area contributed by atoms with Gasteiger partial charge in [-0.05, 0) is 43.0 Å². The van der Waals surface area contributed by atoms with Crippen LogP contribution in [0.3, 0.4) is 0 Å². The number of aliphatic hydroxyl groups is 1. The van der Waals surface area contributed by atoms with Crippen LogP contribution in [0.2, 0.25) is 0 Å². The molecule has 0 saturated carbocycles. The number of amides is 1. The number of rotatable bonds is 3. The zero-order valence-corrected chi connectivity index (χ0v) is 14.3. The van der Waals surface area contributed by atoms with Crippen LogP contribution in [0.15, 0.2) is 24.0 Å². The maximum Gasteiger partial charge on any atom is 0.222 e. The topological polar surface area (TPSA) is 58.4 Å². The molecule has 5 rings (SSSR count). The van der Waals surface area contributed by atoms with Crippen LogP contribution in [0.5, 0.6) is 0 Å². The number of thiophene rings is 1. The van der Waals surface area contributed by atoms with Crippen LogP contribution in [0.4, 0.5) is 0 Å². The van der Waals surface area contributed by atoms with Crippen molar-refractivity contribution in [2.75, 3.05) is 6.54 Å². The summed E-state index contributed by atoms with van der Waals surface area (Å²) in [6.07, 6.45) is 7.74. The van der Waals surface area contributed by atoms with E-state index in [9.17, 15) is 9.90 Å². The molecular formula is C18H21N3O2S. The molecule has 24 heavy (non-hydrogen) atoms. The van der Waals surface area contributed by atoms with E-state index >= 15 is 0 Å². The number of hydrogen-bond acceptors (Lipinski definition) is 4. The van der Waals surface area contributed by atoms with E-state index in [1.54, 1.807) is 11.3 Å². The van der Waals surface area contributed by atoms with Gasteiger partial charge in [0.1, 0.15) is 0 Å². The minimum Gasteiger partial charge on any atom is -0.393 e. The van der Waals surface area contributed by atoms with Crippen LogP contribution in [-0.4, -0.2) is 44.2 Å². The van der Waals surface area contributed by atoms with E-state index < -0.39 is 0 Å². The zero-order chi connectivity index (χ0) is 16.3. The maximum atomic E-state index is 11.8. The first kappa shape index (κ1) is 14.7. The monoisotopic (exact) mass is 343 g/mol. The van der Waals surface area contributed by atoms with E-state index in [0.717, 1.165) is 32.2 Å². The van der Waals surface area contributed by atoms with Crippen molar-refractivity contribution in [3.8, 4) is 11.3 Å². The number of carbonyl (C=O) groups is 1. The van der Waals surface area contributed by atoms with Gasteiger partial charge in [0.2, 0.25) is 5.91 Å². The summed E-state index contributed by atoms with van der Waals surface area (Å²) in [7, 11) is 0. The summed E-state index contributed by atoms with van der Waals surface area (Å²) >= 11 is 1.77. The maximum absolute atomic E-state index is 11.8. The van der Waals surface area contributed by atoms with Gasteiger partial charge in [-0.15, -0.1) is 11.3 Å². The largest absolute Gasteiger partial charge is 0.393 e. The first-order chi connectivity index (χ1) is 11.7. The molecule has 1 amide bonds. The molecule has 1 N–H and O–H groups in total. The molecule has 0 bridgehead atoms. The number of nitrogens with zero attached hydrogens (tertiary/aromatic N) is 3. The minimum atomic E-state index is -0.323. The summed E-state index contributed by atoms with van der Waals surface area (Å²) < 4.78 is 2.21. The predicted molar refractivity (Wildman–Crippen MR) is 91.8 cm³/mol. The Hall–Kier alpha value is -1.66. The molecule has 2 fully saturated rings. The first-order valence-corrected chi connectivity index (χ1v) is 9.67. The van der Waals surface area contributed by atoms with Crippen LogP contribution < -0.4 is 0 Å². The second-order valence-corrected chi connectivity index (χ2v) is 8.22. The number of aliphatic hydroxyl groups excluding tert-OH is 1. The van der Waals surface area contributed by atoms with Crippen molar-refractivity contribution in [2.24, 2.45) is 5.92 Å². The molecule has 0 aliphatic carbocycles. The minimum absolute atomic E-state index is 0.204. The molecule has 2 aromatic rings. The van der Waals surface area contributed by atoms with Gasteiger partial charge in [0, 0.05) is 29.4 Å². The number of piperidine rings is 1. The molecule has 2 saturated heterocycles. The van der Waals surface area contributed by atoms with Crippen LogP contribution in [-0.2, 0) is 4.79 Å². The van der Waals surface area contributed by atoms with Gasteiger partial charge in [-0.3, -0.25) is 4.79 Å². The summed E-state index contributed by atoms with van der Waals surface area (Å²) in [5, 5.41) is 13.0. The molecule has 3 aliphatic rings. The molecule has 0 aromatic carbocycles. The van der Waals surface area contributed by atoms with E-state index in [1.165, 1.54) is 16.1 Å². The van der Waals surface area contributed by atoms with Crippen LogP contribution in [0, 0.1) is 5.92 Å². The smallest absolute Gasteiger partial charge is 0.222 e. The molecular weight excluding hydrogens is 322 g/mol. The Kier molecular flexibility index (Phi) is 3.31. The molecule has 5 heterocycles. The lowest BCUT2D eigenvalue weighted by atomic mass is 9.84. The van der Waals surface area contributed by atoms with Gasteiger partial charge in [-0.25, -0.2) is 4.98 Å². The lowest BCUT2D eigenvalue weighted by molar-refractivity contribution is -0.131. The van der Waals surface area contributed by atoms with Crippen molar-refractivity contribution in [3.05, 3.63) is 28.8 Å². The molecule has 1 unspecified atom stereocenters. The molecule has 4 atom stereocenters. The second kappa shape index (κ2) is 5.43. The van der Waals surface area contributed by atoms with Gasteiger partial charge in [0.05, 0.1) is 30.4 Å². The summed E-state index contributed by atoms with van der Waals surface area (Å²) in [4.78, 5) is 19.5. The van der Waals surface area contributed by atoms with Crippen molar-refractivity contribution in [1.82, 2.24) is 14.5 Å². The van der Waals surface area contributed by atoms with E-state index in [1.807, 2.05) is 17.4 Å². The Bertz CT molecular complexity index is 743. The molecule has 0 radical (unpaired) electrons. The van der Waals surface area contributed by atoms with Crippen molar-refractivity contribution >= 4 is 17.2 Å². The van der Waals surface area contributed by atoms with Gasteiger partial charge < -0.3 is 14.6 Å². The average Bonchev–Trinajstić information content (AvgIpc) is 3.33. The third kappa shape index (κ3) is 2.09. The highest BCUT2D eigenvalue weighted by Crippen LogP contribution is 2.45. The molecule has 3 aliphatic heterocycles. The number of carbonyl (C=O) groups excluding carboxylic acids is 1. The van der Waals surface area contributed by atoms with Gasteiger partial charge in [-0.2, -0.15) is 0 Å². The first-order valence-electron chi connectivity index (χ1n) is 8.79. The van der Waals surface area contributed by atoms with Gasteiger partial charge in [-0.1, -0.05) is 0 Å². The van der Waals surface area contributed by atoms with Crippen LogP contribution in [0.25, 0.3) is 11.3 Å². The highest BCUT2D eigenvalue weighted by Gasteiger charge is 2.40. The highest BCUT2D eigenvalue weighted by molar-refractivity contribution is 7.10. The molecule has 6 heteroatoms. The average molecular weight is 343 g/mol. The third-order valence-corrected chi connectivity index (χ3v) is 7.07. The van der Waals surface area contributed by atoms with Gasteiger partial charge in [0.15, 0.2) is 0 Å². The van der Waals surface area contributed by atoms with Crippen LogP contribution in [0.1, 0.15) is 43.0 Å². The molecule has 0 spiro atoms. The summed E-state index contributed by atoms with van der Waals surface area (Å²) in [6, 6.07) is 2.72. The van der Waals surface area contributed by atoms with Crippen molar-refractivity contribution in [3.63, 3.8) is 0 Å². The number of fused-ring (bicyclic) bond motifs is 4. The SMILES string of the molecule is O=C1CC[C@H]2C[C@@H]([C@@H](O)CC3c4sccc4-c4cncn43)CCN12. The fraction of sp³-hybridized carbons (Fsp3) is 0.556. The van der Waals surface area contributed by atoms with E-state index in [4.69, 9.17) is 0 Å². The second-order valence-electron chi connectivity index (χ2n) is 7.27. The number of aromatic nitrogens is 2. The summed E-state index contributed by atoms with van der Waals surface area (Å²) in [6.45, 7) is 0.816. The number of hydrogen-bond donors (Lipinski definition) is 1. The predicted octanol–water partition coefficient (Wildman–Crippen LogP) is 2.67. The Morgan fingerprint density at radius 1 is 1.42 bits per heavy atom. The Labute approximate surface area is 144 Å². The Morgan fingerprint density at radius 3 is 3.25 bits per heavy atom. The Balaban J connectivity index is 1.33. The van der Waals surface area contributed by atoms with Gasteiger partial charge >= 0.3 is 0 Å². The lowest BCUT2D eigenvalue weighted by Gasteiger charge is -2.37. The van der Waals surface area contributed by atoms with Crippen LogP contribution >= 0.6 is 11.3 Å². The fourth-order valence-corrected chi connectivity index (χ4v) is 5.80. The quantitative estimate of drug-likeness (QED) is 0.932.